The Morgan fingerprint density at radius 2 is 1.77 bits per heavy atom. The number of rotatable bonds is 5. The van der Waals surface area contributed by atoms with Gasteiger partial charge in [0.15, 0.2) is 5.71 Å². The van der Waals surface area contributed by atoms with Crippen molar-refractivity contribution < 1.29 is 32.5 Å². The molecule has 2 heterocycles. The van der Waals surface area contributed by atoms with E-state index in [4.69, 9.17) is 15.7 Å². The van der Waals surface area contributed by atoms with Gasteiger partial charge in [0, 0.05) is 50.5 Å². The summed E-state index contributed by atoms with van der Waals surface area (Å²) in [6.07, 6.45) is 0.883. The van der Waals surface area contributed by atoms with E-state index >= 15 is 0 Å². The van der Waals surface area contributed by atoms with E-state index < -0.39 is 32.3 Å². The lowest BCUT2D eigenvalue weighted by Gasteiger charge is -2.36. The lowest BCUT2D eigenvalue weighted by molar-refractivity contribution is -0.384. The number of hydrogen-bond acceptors (Lipinski definition) is 8. The fourth-order valence-electron chi connectivity index (χ4n) is 3.69. The van der Waals surface area contributed by atoms with E-state index in [1.54, 1.807) is 12.1 Å². The van der Waals surface area contributed by atoms with E-state index in [9.17, 15) is 27.7 Å². The number of nitro groups is 1. The molecule has 35 heavy (non-hydrogen) atoms. The summed E-state index contributed by atoms with van der Waals surface area (Å²) < 4.78 is 39.3. The number of piperidine rings is 1. The number of oxime groups is 1. The minimum absolute atomic E-state index is 0.0321. The smallest absolute Gasteiger partial charge is 0.353 e. The van der Waals surface area contributed by atoms with Crippen LogP contribution in [0.4, 0.5) is 10.1 Å². The number of carboxylic acids is 1. The van der Waals surface area contributed by atoms with Crippen molar-refractivity contribution in [3.05, 3.63) is 70.0 Å². The Bertz CT molecular complexity index is 1210. The average Bonchev–Trinajstić information content (AvgIpc) is 3.24. The van der Waals surface area contributed by atoms with E-state index in [2.05, 4.69) is 5.16 Å². The van der Waals surface area contributed by atoms with Gasteiger partial charge in [-0.2, -0.15) is 4.31 Å². The zero-order valence-electron chi connectivity index (χ0n) is 18.8. The average molecular weight is 509 g/mol. The maximum Gasteiger partial charge on any atom is 0.353 e. The normalized spacial score (nSPS) is 18.1. The summed E-state index contributed by atoms with van der Waals surface area (Å²) >= 11 is 0. The fraction of sp³-hybridized carbons (Fsp3) is 0.364. The summed E-state index contributed by atoms with van der Waals surface area (Å²) in [6, 6.07) is 10.8. The molecule has 2 aliphatic rings. The number of hydrogen-bond donors (Lipinski definition) is 2. The Labute approximate surface area is 201 Å². The van der Waals surface area contributed by atoms with Crippen molar-refractivity contribution in [1.82, 2.24) is 4.31 Å². The van der Waals surface area contributed by atoms with Crippen molar-refractivity contribution in [3.8, 4) is 0 Å². The van der Waals surface area contributed by atoms with E-state index in [0.29, 0.717) is 12.8 Å². The molecule has 2 aromatic carbocycles. The van der Waals surface area contributed by atoms with Crippen LogP contribution >= 0.6 is 0 Å². The molecule has 0 amide bonds. The maximum atomic E-state index is 12.9. The number of aliphatic carboxylic acids is 1. The second-order valence-electron chi connectivity index (χ2n) is 8.29. The first-order valence-electron chi connectivity index (χ1n) is 10.7. The highest BCUT2D eigenvalue weighted by atomic mass is 32.2. The van der Waals surface area contributed by atoms with Gasteiger partial charge in [0.1, 0.15) is 11.4 Å². The van der Waals surface area contributed by atoms with Gasteiger partial charge in [-0.1, -0.05) is 17.3 Å². The summed E-state index contributed by atoms with van der Waals surface area (Å²) in [6.45, 7) is 2.23. The highest BCUT2D eigenvalue weighted by molar-refractivity contribution is 7.89. The first-order valence-corrected chi connectivity index (χ1v) is 12.1. The topological polar surface area (TPSA) is 165 Å². The molecule has 1 atom stereocenters. The summed E-state index contributed by atoms with van der Waals surface area (Å²) in [7, 11) is -3.70. The number of nitrogens with two attached hydrogens (primary N) is 1. The maximum absolute atomic E-state index is 12.9. The Morgan fingerprint density at radius 3 is 2.23 bits per heavy atom. The number of nitrogens with zero attached hydrogens (tertiary/aromatic N) is 3. The quantitative estimate of drug-likeness (QED) is 0.459. The molecule has 2 aromatic rings. The number of halogens is 1. The van der Waals surface area contributed by atoms with Gasteiger partial charge in [0.25, 0.3) is 5.69 Å². The molecule has 1 saturated heterocycles. The fourth-order valence-corrected chi connectivity index (χ4v) is 5.14. The molecular formula is C22H25FN4O7S. The largest absolute Gasteiger partial charge is 0.477 e. The van der Waals surface area contributed by atoms with Crippen LogP contribution in [0.25, 0.3) is 0 Å². The van der Waals surface area contributed by atoms with E-state index in [1.165, 1.54) is 28.6 Å². The Morgan fingerprint density at radius 1 is 1.20 bits per heavy atom. The van der Waals surface area contributed by atoms with Crippen LogP contribution in [-0.2, 0) is 19.7 Å². The van der Waals surface area contributed by atoms with Gasteiger partial charge in [0.2, 0.25) is 10.0 Å². The SMILES string of the molecule is CC(N)c1ccc([N+](=O)[O-])cc1.O=C(O)C1=NOC2(CCN(S(=O)(=O)c3ccc(F)cc3)CC2)C1. The number of nitro benzene ring substituents is 1. The van der Waals surface area contributed by atoms with E-state index in [-0.39, 0.29) is 41.8 Å². The molecule has 2 aliphatic heterocycles. The molecule has 4 rings (SSSR count). The number of carboxylic acid groups (broad SMARTS) is 1. The second kappa shape index (κ2) is 10.5. The summed E-state index contributed by atoms with van der Waals surface area (Å²) in [5.74, 6) is -1.62. The standard InChI is InChI=1S/C14H15FN2O5S.C8H10N2O2/c15-10-1-3-11(4-2-10)23(20,21)17-7-5-14(6-8-17)9-12(13(18)19)16-22-14;1-6(9)7-2-4-8(5-3-7)10(11)12/h1-4H,5-9H2,(H,18,19);2-6H,9H2,1H3. The van der Waals surface area contributed by atoms with Crippen LogP contribution in [0.2, 0.25) is 0 Å². The minimum Gasteiger partial charge on any atom is -0.477 e. The van der Waals surface area contributed by atoms with Gasteiger partial charge < -0.3 is 15.7 Å². The van der Waals surface area contributed by atoms with Crippen molar-refractivity contribution in [2.75, 3.05) is 13.1 Å². The van der Waals surface area contributed by atoms with E-state index in [1.807, 2.05) is 6.92 Å². The molecule has 3 N–H and O–H groups in total. The van der Waals surface area contributed by atoms with Gasteiger partial charge >= 0.3 is 5.97 Å². The molecule has 1 spiro atoms. The predicted molar refractivity (Wildman–Crippen MR) is 124 cm³/mol. The summed E-state index contributed by atoms with van der Waals surface area (Å²) in [5, 5.41) is 22.8. The molecule has 0 bridgehead atoms. The highest BCUT2D eigenvalue weighted by Gasteiger charge is 2.45. The van der Waals surface area contributed by atoms with Crippen LogP contribution in [0.5, 0.6) is 0 Å². The molecule has 0 saturated carbocycles. The van der Waals surface area contributed by atoms with Crippen molar-refractivity contribution >= 4 is 27.4 Å². The molecular weight excluding hydrogens is 483 g/mol. The van der Waals surface area contributed by atoms with Crippen LogP contribution in [0, 0.1) is 15.9 Å². The van der Waals surface area contributed by atoms with Gasteiger partial charge in [-0.15, -0.1) is 0 Å². The van der Waals surface area contributed by atoms with Crippen molar-refractivity contribution in [1.29, 1.82) is 0 Å². The highest BCUT2D eigenvalue weighted by Crippen LogP contribution is 2.36. The molecule has 1 unspecified atom stereocenters. The lowest BCUT2D eigenvalue weighted by atomic mass is 9.88. The summed E-state index contributed by atoms with van der Waals surface area (Å²) in [4.78, 5) is 26.1. The monoisotopic (exact) mass is 508 g/mol. The first-order chi connectivity index (χ1) is 16.4. The Hall–Kier alpha value is -3.42. The first kappa shape index (κ1) is 26.2. The third-order valence-electron chi connectivity index (χ3n) is 5.80. The predicted octanol–water partition coefficient (Wildman–Crippen LogP) is 2.82. The Balaban J connectivity index is 0.000000241. The number of sulfonamides is 1. The van der Waals surface area contributed by atoms with Crippen LogP contribution < -0.4 is 5.73 Å². The van der Waals surface area contributed by atoms with E-state index in [0.717, 1.165) is 17.7 Å². The third kappa shape index (κ3) is 6.18. The molecule has 13 heteroatoms. The van der Waals surface area contributed by atoms with Crippen LogP contribution in [0.15, 0.2) is 58.6 Å². The molecule has 188 valence electrons. The number of non-ortho nitro benzene ring substituents is 1. The molecule has 0 radical (unpaired) electrons. The number of carbonyl (C=O) groups is 1. The van der Waals surface area contributed by atoms with Crippen LogP contribution in [-0.4, -0.2) is 53.1 Å². The molecule has 1 fully saturated rings. The lowest BCUT2D eigenvalue weighted by Crippen LogP contribution is -2.47. The molecule has 0 aromatic heterocycles. The van der Waals surface area contributed by atoms with Gasteiger partial charge in [-0.05, 0) is 36.8 Å². The number of benzene rings is 2. The third-order valence-corrected chi connectivity index (χ3v) is 7.71. The van der Waals surface area contributed by atoms with Gasteiger partial charge in [-0.3, -0.25) is 10.1 Å². The molecule has 0 aliphatic carbocycles. The second-order valence-corrected chi connectivity index (χ2v) is 10.2. The Kier molecular flexibility index (Phi) is 7.83. The van der Waals surface area contributed by atoms with Gasteiger partial charge in [0.05, 0.1) is 9.82 Å². The van der Waals surface area contributed by atoms with Crippen molar-refractivity contribution in [2.45, 2.75) is 42.7 Å². The molecule has 11 nitrogen and oxygen atoms in total. The summed E-state index contributed by atoms with van der Waals surface area (Å²) in [5.41, 5.74) is 5.79. The minimum atomic E-state index is -3.70. The zero-order valence-corrected chi connectivity index (χ0v) is 19.7. The zero-order chi connectivity index (χ0) is 25.8. The van der Waals surface area contributed by atoms with Crippen molar-refractivity contribution in [3.63, 3.8) is 0 Å². The van der Waals surface area contributed by atoms with Crippen LogP contribution in [0.3, 0.4) is 0 Å². The van der Waals surface area contributed by atoms with Crippen molar-refractivity contribution in [2.24, 2.45) is 10.9 Å². The van der Waals surface area contributed by atoms with Gasteiger partial charge in [-0.25, -0.2) is 17.6 Å². The van der Waals surface area contributed by atoms with Crippen LogP contribution in [0.1, 0.15) is 37.8 Å².